The third-order valence-electron chi connectivity index (χ3n) is 3.01. The number of anilines is 2. The number of rotatable bonds is 5. The molecule has 1 aromatic heterocycles. The predicted octanol–water partition coefficient (Wildman–Crippen LogP) is 3.18. The molecule has 104 valence electrons. The van der Waals surface area contributed by atoms with Gasteiger partial charge in [0.25, 0.3) is 5.91 Å². The molecule has 20 heavy (non-hydrogen) atoms. The van der Waals surface area contributed by atoms with Crippen LogP contribution in [0.2, 0.25) is 0 Å². The highest BCUT2D eigenvalue weighted by Gasteiger charge is 2.14. The Bertz CT molecular complexity index is 552. The summed E-state index contributed by atoms with van der Waals surface area (Å²) in [7, 11) is 1.75. The van der Waals surface area contributed by atoms with Crippen molar-refractivity contribution < 1.29 is 4.79 Å². The third-order valence-corrected chi connectivity index (χ3v) is 3.01. The third kappa shape index (κ3) is 3.35. The summed E-state index contributed by atoms with van der Waals surface area (Å²) in [6, 6.07) is 13.2. The average molecular weight is 269 g/mol. The summed E-state index contributed by atoms with van der Waals surface area (Å²) in [4.78, 5) is 18.1. The van der Waals surface area contributed by atoms with Gasteiger partial charge in [0.2, 0.25) is 0 Å². The zero-order valence-corrected chi connectivity index (χ0v) is 11.8. The molecule has 0 radical (unpaired) electrons. The maximum absolute atomic E-state index is 12.3. The van der Waals surface area contributed by atoms with Crippen molar-refractivity contribution in [1.29, 1.82) is 0 Å². The van der Waals surface area contributed by atoms with Crippen molar-refractivity contribution in [3.05, 3.63) is 54.4 Å². The van der Waals surface area contributed by atoms with Gasteiger partial charge >= 0.3 is 0 Å². The quantitative estimate of drug-likeness (QED) is 0.906. The summed E-state index contributed by atoms with van der Waals surface area (Å²) in [5.74, 6) is -0.113. The Hall–Kier alpha value is -2.36. The van der Waals surface area contributed by atoms with E-state index in [1.165, 1.54) is 0 Å². The lowest BCUT2D eigenvalue weighted by Crippen LogP contribution is -2.26. The Balaban J connectivity index is 2.09. The zero-order chi connectivity index (χ0) is 14.4. The standard InChI is InChI=1S/C16H19N3O/c1-3-11-17-13-9-10-15(18-12-13)16(20)19(2)14-7-5-4-6-8-14/h4-10,12,17H,3,11H2,1-2H3. The molecule has 0 aliphatic heterocycles. The Morgan fingerprint density at radius 3 is 2.55 bits per heavy atom. The van der Waals surface area contributed by atoms with Crippen LogP contribution in [0.1, 0.15) is 23.8 Å². The first-order valence-electron chi connectivity index (χ1n) is 6.75. The highest BCUT2D eigenvalue weighted by Crippen LogP contribution is 2.14. The van der Waals surface area contributed by atoms with Crippen LogP contribution in [-0.4, -0.2) is 24.5 Å². The summed E-state index contributed by atoms with van der Waals surface area (Å²) < 4.78 is 0. The van der Waals surface area contributed by atoms with Crippen LogP contribution in [-0.2, 0) is 0 Å². The van der Waals surface area contributed by atoms with Crippen LogP contribution in [0.3, 0.4) is 0 Å². The van der Waals surface area contributed by atoms with Crippen molar-refractivity contribution in [2.24, 2.45) is 0 Å². The first kappa shape index (κ1) is 14.1. The Morgan fingerprint density at radius 2 is 1.95 bits per heavy atom. The molecule has 0 aliphatic rings. The Labute approximate surface area is 119 Å². The van der Waals surface area contributed by atoms with Gasteiger partial charge in [-0.05, 0) is 30.7 Å². The number of pyridine rings is 1. The minimum Gasteiger partial charge on any atom is -0.384 e. The fraction of sp³-hybridized carbons (Fsp3) is 0.250. The van der Waals surface area contributed by atoms with Gasteiger partial charge < -0.3 is 10.2 Å². The SMILES string of the molecule is CCCNc1ccc(C(=O)N(C)c2ccccc2)nc1. The Kier molecular flexibility index (Phi) is 4.71. The first-order chi connectivity index (χ1) is 9.72. The fourth-order valence-corrected chi connectivity index (χ4v) is 1.83. The minimum absolute atomic E-state index is 0.113. The van der Waals surface area contributed by atoms with Gasteiger partial charge in [-0.15, -0.1) is 0 Å². The predicted molar refractivity (Wildman–Crippen MR) is 82.2 cm³/mol. The molecule has 0 saturated carbocycles. The van der Waals surface area contributed by atoms with Crippen LogP contribution < -0.4 is 10.2 Å². The topological polar surface area (TPSA) is 45.2 Å². The molecule has 1 aromatic carbocycles. The van der Waals surface area contributed by atoms with E-state index in [0.717, 1.165) is 24.3 Å². The second-order valence-electron chi connectivity index (χ2n) is 4.56. The molecular weight excluding hydrogens is 250 g/mol. The van der Waals surface area contributed by atoms with E-state index < -0.39 is 0 Å². The van der Waals surface area contributed by atoms with E-state index in [1.54, 1.807) is 24.2 Å². The van der Waals surface area contributed by atoms with Crippen LogP contribution in [0.15, 0.2) is 48.7 Å². The van der Waals surface area contributed by atoms with Gasteiger partial charge in [0.15, 0.2) is 0 Å². The number of nitrogens with zero attached hydrogens (tertiary/aromatic N) is 2. The van der Waals surface area contributed by atoms with Gasteiger partial charge in [0, 0.05) is 19.3 Å². The van der Waals surface area contributed by atoms with E-state index in [-0.39, 0.29) is 5.91 Å². The van der Waals surface area contributed by atoms with Gasteiger partial charge in [0.05, 0.1) is 11.9 Å². The summed E-state index contributed by atoms with van der Waals surface area (Å²) in [6.07, 6.45) is 2.75. The van der Waals surface area contributed by atoms with E-state index in [1.807, 2.05) is 36.4 Å². The number of carbonyl (C=O) groups excluding carboxylic acids is 1. The zero-order valence-electron chi connectivity index (χ0n) is 11.8. The van der Waals surface area contributed by atoms with Crippen LogP contribution in [0.5, 0.6) is 0 Å². The molecule has 0 unspecified atom stereocenters. The molecular formula is C16H19N3O. The lowest BCUT2D eigenvalue weighted by Gasteiger charge is -2.16. The number of aromatic nitrogens is 1. The van der Waals surface area contributed by atoms with Crippen molar-refractivity contribution in [1.82, 2.24) is 4.98 Å². The maximum Gasteiger partial charge on any atom is 0.276 e. The van der Waals surface area contributed by atoms with Crippen LogP contribution >= 0.6 is 0 Å². The van der Waals surface area contributed by atoms with Gasteiger partial charge in [-0.25, -0.2) is 4.98 Å². The first-order valence-corrected chi connectivity index (χ1v) is 6.75. The molecule has 1 heterocycles. The van der Waals surface area contributed by atoms with Crippen molar-refractivity contribution >= 4 is 17.3 Å². The number of hydrogen-bond acceptors (Lipinski definition) is 3. The van der Waals surface area contributed by atoms with E-state index >= 15 is 0 Å². The number of benzene rings is 1. The van der Waals surface area contributed by atoms with Crippen LogP contribution in [0.4, 0.5) is 11.4 Å². The molecule has 1 N–H and O–H groups in total. The van der Waals surface area contributed by atoms with Gasteiger partial charge in [-0.2, -0.15) is 0 Å². The second kappa shape index (κ2) is 6.70. The summed E-state index contributed by atoms with van der Waals surface area (Å²) in [6.45, 7) is 3.01. The summed E-state index contributed by atoms with van der Waals surface area (Å²) in [5, 5.41) is 3.23. The summed E-state index contributed by atoms with van der Waals surface area (Å²) in [5.41, 5.74) is 2.23. The van der Waals surface area contributed by atoms with Crippen LogP contribution in [0, 0.1) is 0 Å². The number of para-hydroxylation sites is 1. The van der Waals surface area contributed by atoms with E-state index in [9.17, 15) is 4.79 Å². The average Bonchev–Trinajstić information content (AvgIpc) is 2.53. The lowest BCUT2D eigenvalue weighted by molar-refractivity contribution is 0.0988. The molecule has 1 amide bonds. The van der Waals surface area contributed by atoms with Crippen molar-refractivity contribution in [2.45, 2.75) is 13.3 Å². The molecule has 0 aliphatic carbocycles. The molecule has 2 aromatic rings. The minimum atomic E-state index is -0.113. The van der Waals surface area contributed by atoms with E-state index in [4.69, 9.17) is 0 Å². The van der Waals surface area contributed by atoms with Crippen molar-refractivity contribution in [3.63, 3.8) is 0 Å². The van der Waals surface area contributed by atoms with Gasteiger partial charge in [-0.1, -0.05) is 25.1 Å². The van der Waals surface area contributed by atoms with Crippen LogP contribution in [0.25, 0.3) is 0 Å². The normalized spacial score (nSPS) is 10.1. The maximum atomic E-state index is 12.3. The smallest absolute Gasteiger partial charge is 0.276 e. The molecule has 0 atom stereocenters. The molecule has 2 rings (SSSR count). The van der Waals surface area contributed by atoms with E-state index in [0.29, 0.717) is 5.69 Å². The monoisotopic (exact) mass is 269 g/mol. The summed E-state index contributed by atoms with van der Waals surface area (Å²) >= 11 is 0. The fourth-order valence-electron chi connectivity index (χ4n) is 1.83. The molecule has 0 bridgehead atoms. The largest absolute Gasteiger partial charge is 0.384 e. The molecule has 4 nitrogen and oxygen atoms in total. The highest BCUT2D eigenvalue weighted by molar-refractivity contribution is 6.04. The van der Waals surface area contributed by atoms with E-state index in [2.05, 4.69) is 17.2 Å². The molecule has 4 heteroatoms. The molecule has 0 fully saturated rings. The Morgan fingerprint density at radius 1 is 1.20 bits per heavy atom. The number of hydrogen-bond donors (Lipinski definition) is 1. The van der Waals surface area contributed by atoms with Crippen molar-refractivity contribution in [2.75, 3.05) is 23.8 Å². The number of amides is 1. The number of nitrogens with one attached hydrogen (secondary N) is 1. The van der Waals surface area contributed by atoms with Crippen molar-refractivity contribution in [3.8, 4) is 0 Å². The molecule has 0 saturated heterocycles. The second-order valence-corrected chi connectivity index (χ2v) is 4.56. The highest BCUT2D eigenvalue weighted by atomic mass is 16.2. The van der Waals surface area contributed by atoms with Gasteiger partial charge in [-0.3, -0.25) is 4.79 Å². The lowest BCUT2D eigenvalue weighted by atomic mass is 10.2. The number of carbonyl (C=O) groups is 1. The van der Waals surface area contributed by atoms with Gasteiger partial charge in [0.1, 0.15) is 5.69 Å². The molecule has 0 spiro atoms.